The highest BCUT2D eigenvalue weighted by molar-refractivity contribution is 6.31. The van der Waals surface area contributed by atoms with Crippen molar-refractivity contribution in [3.05, 3.63) is 241 Å². The Morgan fingerprint density at radius 2 is 0.954 bits per heavy atom. The fourth-order valence-corrected chi connectivity index (χ4v) is 12.0. The van der Waals surface area contributed by atoms with E-state index in [-0.39, 0.29) is 0 Å². The number of rotatable bonds is 3. The molecule has 300 valence electrons. The van der Waals surface area contributed by atoms with Crippen LogP contribution < -0.4 is 0 Å². The summed E-state index contributed by atoms with van der Waals surface area (Å²) in [6, 6.07) is 80.0. The maximum Gasteiger partial charge on any atom is 0.143 e. The molecular weight excluding hydrogens is 789 g/mol. The molecule has 0 amide bonds. The standard InChI is InChI=1S/C62H36N2O/c1-2-16-39(17-3-1)64-55-28-14-8-21-44(55)48-34-37(31-33-56(48)64)47-36-49-58(59-46-23-9-15-29-57(46)65-61(47)59)45-22-7-13-27-54(45)63-60(49)38-30-32-43-42-20-6-12-26-52(42)62(53(43)35-38)50-24-10-4-18-40(50)41-19-5-11-25-51(41)62/h1-36H. The first kappa shape index (κ1) is 35.0. The SMILES string of the molecule is c1ccc(-n2c3ccccc3c3cc(-c4cc5c(-c6ccc7c(c6)C6(c8ccccc8-c8ccccc86)c6ccccc6-7)nc6ccccc6c5c5c4oc4ccccc45)ccc32)cc1. The number of furan rings is 1. The number of nitrogens with zero attached hydrogens (tertiary/aromatic N) is 2. The molecule has 0 unspecified atom stereocenters. The molecule has 0 bridgehead atoms. The normalized spacial score (nSPS) is 13.4. The van der Waals surface area contributed by atoms with Crippen LogP contribution in [0.5, 0.6) is 0 Å². The third kappa shape index (κ3) is 4.51. The van der Waals surface area contributed by atoms with E-state index < -0.39 is 5.41 Å². The van der Waals surface area contributed by atoms with E-state index in [9.17, 15) is 0 Å². The lowest BCUT2D eigenvalue weighted by Crippen LogP contribution is -2.25. The lowest BCUT2D eigenvalue weighted by atomic mass is 9.70. The van der Waals surface area contributed by atoms with Crippen molar-refractivity contribution in [3.8, 4) is 50.3 Å². The zero-order valence-corrected chi connectivity index (χ0v) is 35.1. The van der Waals surface area contributed by atoms with Gasteiger partial charge < -0.3 is 8.98 Å². The van der Waals surface area contributed by atoms with Crippen LogP contribution in [0.2, 0.25) is 0 Å². The van der Waals surface area contributed by atoms with Crippen LogP contribution in [-0.2, 0) is 5.41 Å². The van der Waals surface area contributed by atoms with Crippen molar-refractivity contribution in [2.75, 3.05) is 0 Å². The zero-order chi connectivity index (χ0) is 42.4. The molecule has 0 aliphatic heterocycles. The summed E-state index contributed by atoms with van der Waals surface area (Å²) in [4.78, 5) is 5.65. The van der Waals surface area contributed by atoms with Crippen molar-refractivity contribution in [2.45, 2.75) is 5.41 Å². The van der Waals surface area contributed by atoms with Gasteiger partial charge in [0.1, 0.15) is 11.2 Å². The number of hydrogen-bond acceptors (Lipinski definition) is 2. The number of fused-ring (bicyclic) bond motifs is 20. The fourth-order valence-electron chi connectivity index (χ4n) is 12.0. The van der Waals surface area contributed by atoms with E-state index in [1.165, 1.54) is 66.3 Å². The second kappa shape index (κ2) is 12.8. The Morgan fingerprint density at radius 3 is 1.71 bits per heavy atom. The van der Waals surface area contributed by atoms with Crippen molar-refractivity contribution in [3.63, 3.8) is 0 Å². The van der Waals surface area contributed by atoms with Gasteiger partial charge in [0.25, 0.3) is 0 Å². The number of pyridine rings is 1. The maximum absolute atomic E-state index is 7.02. The Kier molecular flexibility index (Phi) is 6.88. The molecule has 2 aliphatic rings. The summed E-state index contributed by atoms with van der Waals surface area (Å²) in [6.45, 7) is 0. The lowest BCUT2D eigenvalue weighted by Gasteiger charge is -2.30. The van der Waals surface area contributed by atoms with Gasteiger partial charge in [-0.15, -0.1) is 0 Å². The number of aromatic nitrogens is 2. The van der Waals surface area contributed by atoms with Gasteiger partial charge in [-0.1, -0.05) is 164 Å². The Bertz CT molecular complexity index is 4130. The van der Waals surface area contributed by atoms with E-state index in [1.807, 2.05) is 0 Å². The van der Waals surface area contributed by atoms with Gasteiger partial charge in [0, 0.05) is 54.5 Å². The van der Waals surface area contributed by atoms with E-state index in [2.05, 4.69) is 223 Å². The summed E-state index contributed by atoms with van der Waals surface area (Å²) in [5.41, 5.74) is 20.4. The molecule has 10 aromatic carbocycles. The van der Waals surface area contributed by atoms with Crippen molar-refractivity contribution >= 4 is 65.4 Å². The maximum atomic E-state index is 7.02. The minimum Gasteiger partial charge on any atom is -0.455 e. The van der Waals surface area contributed by atoms with Crippen LogP contribution in [-0.4, -0.2) is 9.55 Å². The van der Waals surface area contributed by atoms with E-state index in [4.69, 9.17) is 9.40 Å². The molecule has 3 nitrogen and oxygen atoms in total. The highest BCUT2D eigenvalue weighted by Crippen LogP contribution is 2.63. The van der Waals surface area contributed by atoms with Crippen LogP contribution in [0.1, 0.15) is 22.3 Å². The number of hydrogen-bond donors (Lipinski definition) is 0. The quantitative estimate of drug-likeness (QED) is 0.166. The van der Waals surface area contributed by atoms with Gasteiger partial charge in [0.05, 0.1) is 27.7 Å². The van der Waals surface area contributed by atoms with Gasteiger partial charge >= 0.3 is 0 Å². The first-order valence-electron chi connectivity index (χ1n) is 22.5. The van der Waals surface area contributed by atoms with Gasteiger partial charge in [0.2, 0.25) is 0 Å². The fraction of sp³-hybridized carbons (Fsp3) is 0.0161. The highest BCUT2D eigenvalue weighted by atomic mass is 16.3. The van der Waals surface area contributed by atoms with Crippen LogP contribution in [0.25, 0.3) is 116 Å². The number of benzene rings is 10. The third-order valence-corrected chi connectivity index (χ3v) is 14.6. The summed E-state index contributed by atoms with van der Waals surface area (Å²) in [5, 5.41) is 7.99. The predicted molar refractivity (Wildman–Crippen MR) is 268 cm³/mol. The average Bonchev–Trinajstić information content (AvgIpc) is 4.10. The molecule has 15 rings (SSSR count). The van der Waals surface area contributed by atoms with E-state index >= 15 is 0 Å². The van der Waals surface area contributed by atoms with Crippen molar-refractivity contribution in [2.24, 2.45) is 0 Å². The molecule has 0 saturated carbocycles. The highest BCUT2D eigenvalue weighted by Gasteiger charge is 2.51. The molecule has 13 aromatic rings. The molecule has 0 atom stereocenters. The van der Waals surface area contributed by atoms with E-state index in [0.29, 0.717) is 0 Å². The second-order valence-corrected chi connectivity index (χ2v) is 17.7. The summed E-state index contributed by atoms with van der Waals surface area (Å²) >= 11 is 0. The molecule has 65 heavy (non-hydrogen) atoms. The summed E-state index contributed by atoms with van der Waals surface area (Å²) in [5.74, 6) is 0. The van der Waals surface area contributed by atoms with Crippen molar-refractivity contribution < 1.29 is 4.42 Å². The minimum atomic E-state index is -0.463. The Morgan fingerprint density at radius 1 is 0.369 bits per heavy atom. The predicted octanol–water partition coefficient (Wildman–Crippen LogP) is 16.1. The van der Waals surface area contributed by atoms with Gasteiger partial charge in [-0.25, -0.2) is 4.98 Å². The molecule has 0 N–H and O–H groups in total. The Labute approximate surface area is 374 Å². The summed E-state index contributed by atoms with van der Waals surface area (Å²) in [6.07, 6.45) is 0. The van der Waals surface area contributed by atoms with E-state index in [1.54, 1.807) is 0 Å². The van der Waals surface area contributed by atoms with Crippen molar-refractivity contribution in [1.82, 2.24) is 9.55 Å². The molecular formula is C62H36N2O. The van der Waals surface area contributed by atoms with Crippen LogP contribution in [0.15, 0.2) is 223 Å². The van der Waals surface area contributed by atoms with Gasteiger partial charge in [-0.2, -0.15) is 0 Å². The van der Waals surface area contributed by atoms with Crippen LogP contribution in [0, 0.1) is 0 Å². The van der Waals surface area contributed by atoms with Crippen LogP contribution >= 0.6 is 0 Å². The Balaban J connectivity index is 1.05. The molecule has 3 heterocycles. The summed E-state index contributed by atoms with van der Waals surface area (Å²) in [7, 11) is 0. The Hall–Kier alpha value is -8.53. The molecule has 0 fully saturated rings. The number of para-hydroxylation sites is 4. The van der Waals surface area contributed by atoms with Crippen LogP contribution in [0.3, 0.4) is 0 Å². The second-order valence-electron chi connectivity index (χ2n) is 17.7. The molecule has 3 aromatic heterocycles. The monoisotopic (exact) mass is 824 g/mol. The first-order valence-corrected chi connectivity index (χ1v) is 22.5. The van der Waals surface area contributed by atoms with Gasteiger partial charge in [-0.05, 0) is 105 Å². The largest absolute Gasteiger partial charge is 0.455 e. The smallest absolute Gasteiger partial charge is 0.143 e. The van der Waals surface area contributed by atoms with Gasteiger partial charge in [0.15, 0.2) is 0 Å². The van der Waals surface area contributed by atoms with E-state index in [0.717, 1.165) is 71.7 Å². The zero-order valence-electron chi connectivity index (χ0n) is 35.1. The molecule has 0 saturated heterocycles. The molecule has 3 heteroatoms. The minimum absolute atomic E-state index is 0.463. The lowest BCUT2D eigenvalue weighted by molar-refractivity contribution is 0.670. The molecule has 0 radical (unpaired) electrons. The first-order chi connectivity index (χ1) is 32.3. The summed E-state index contributed by atoms with van der Waals surface area (Å²) < 4.78 is 9.39. The average molecular weight is 825 g/mol. The topological polar surface area (TPSA) is 31.0 Å². The molecule has 1 spiro atoms. The van der Waals surface area contributed by atoms with Gasteiger partial charge in [-0.3, -0.25) is 0 Å². The third-order valence-electron chi connectivity index (χ3n) is 14.6. The van der Waals surface area contributed by atoms with Crippen molar-refractivity contribution in [1.29, 1.82) is 0 Å². The van der Waals surface area contributed by atoms with Crippen LogP contribution in [0.4, 0.5) is 0 Å². The molecule has 2 aliphatic carbocycles.